The van der Waals surface area contributed by atoms with Crippen LogP contribution in [0.3, 0.4) is 0 Å². The quantitative estimate of drug-likeness (QED) is 0.378. The van der Waals surface area contributed by atoms with Crippen LogP contribution >= 0.6 is 0 Å². The molecule has 0 bridgehead atoms. The van der Waals surface area contributed by atoms with Gasteiger partial charge in [-0.1, -0.05) is 24.3 Å². The molecule has 0 saturated heterocycles. The van der Waals surface area contributed by atoms with Crippen LogP contribution in [-0.2, 0) is 6.42 Å². The van der Waals surface area contributed by atoms with Crippen molar-refractivity contribution in [2.24, 2.45) is 0 Å². The smallest absolute Gasteiger partial charge is 0.252 e. The third-order valence-corrected chi connectivity index (χ3v) is 5.26. The zero-order valence-corrected chi connectivity index (χ0v) is 17.6. The predicted octanol–water partition coefficient (Wildman–Crippen LogP) is 4.14. The summed E-state index contributed by atoms with van der Waals surface area (Å²) < 4.78 is 28.5. The van der Waals surface area contributed by atoms with E-state index in [1.807, 2.05) is 12.1 Å². The summed E-state index contributed by atoms with van der Waals surface area (Å²) in [5.41, 5.74) is 1.89. The lowest BCUT2D eigenvalue weighted by Gasteiger charge is -2.18. The molecule has 0 radical (unpaired) electrons. The van der Waals surface area contributed by atoms with E-state index in [9.17, 15) is 14.3 Å². The Kier molecular flexibility index (Phi) is 6.85. The molecule has 0 fully saturated rings. The molecule has 0 aliphatic rings. The number of carbonyl (C=O) groups is 1. The number of hydrogen-bond donors (Lipinski definition) is 3. The minimum Gasteiger partial charge on any atom is -0.396 e. The summed E-state index contributed by atoms with van der Waals surface area (Å²) >= 11 is 0. The molecule has 0 unspecified atom stereocenters. The van der Waals surface area contributed by atoms with Gasteiger partial charge < -0.3 is 10.4 Å². The van der Waals surface area contributed by atoms with Crippen LogP contribution in [0.25, 0.3) is 22.5 Å². The maximum atomic E-state index is 15.3. The molecule has 8 heteroatoms. The first-order valence-corrected chi connectivity index (χ1v) is 10.5. The molecule has 2 aromatic carbocycles. The van der Waals surface area contributed by atoms with Crippen molar-refractivity contribution in [2.45, 2.75) is 18.9 Å². The lowest BCUT2D eigenvalue weighted by atomic mass is 10.0. The molecule has 0 aliphatic carbocycles. The lowest BCUT2D eigenvalue weighted by Crippen LogP contribution is -2.37. The van der Waals surface area contributed by atoms with E-state index in [-0.39, 0.29) is 29.6 Å². The number of aliphatic hydroxyl groups is 1. The maximum Gasteiger partial charge on any atom is 0.252 e. The van der Waals surface area contributed by atoms with Crippen molar-refractivity contribution in [2.75, 3.05) is 6.61 Å². The lowest BCUT2D eigenvalue weighted by molar-refractivity contribution is 0.0930. The Hall–Kier alpha value is -3.91. The van der Waals surface area contributed by atoms with Crippen molar-refractivity contribution in [1.82, 2.24) is 20.5 Å². The van der Waals surface area contributed by atoms with Gasteiger partial charge >= 0.3 is 0 Å². The number of rotatable bonds is 8. The van der Waals surface area contributed by atoms with Gasteiger partial charge in [-0.15, -0.1) is 0 Å². The van der Waals surface area contributed by atoms with Gasteiger partial charge in [0.05, 0.1) is 0 Å². The summed E-state index contributed by atoms with van der Waals surface area (Å²) in [6.07, 6.45) is 2.46. The number of hydrogen-bond acceptors (Lipinski definition) is 4. The van der Waals surface area contributed by atoms with E-state index in [0.29, 0.717) is 24.0 Å². The van der Waals surface area contributed by atoms with Crippen molar-refractivity contribution in [3.63, 3.8) is 0 Å². The number of benzene rings is 2. The molecule has 2 heterocycles. The average molecular weight is 448 g/mol. The largest absolute Gasteiger partial charge is 0.396 e. The summed E-state index contributed by atoms with van der Waals surface area (Å²) in [4.78, 5) is 17.4. The van der Waals surface area contributed by atoms with E-state index in [2.05, 4.69) is 20.5 Å². The van der Waals surface area contributed by atoms with Crippen molar-refractivity contribution >= 4 is 5.91 Å². The molecular weight excluding hydrogens is 426 g/mol. The summed E-state index contributed by atoms with van der Waals surface area (Å²) in [5.74, 6) is -1.47. The average Bonchev–Trinajstić information content (AvgIpc) is 3.21. The highest BCUT2D eigenvalue weighted by atomic mass is 19.1. The van der Waals surface area contributed by atoms with Crippen LogP contribution in [0.1, 0.15) is 22.5 Å². The first kappa shape index (κ1) is 22.3. The van der Waals surface area contributed by atoms with Gasteiger partial charge in [-0.3, -0.25) is 14.9 Å². The number of H-pyrrole nitrogens is 1. The van der Waals surface area contributed by atoms with Gasteiger partial charge in [0.2, 0.25) is 0 Å². The molecule has 2 aromatic heterocycles. The molecule has 168 valence electrons. The van der Waals surface area contributed by atoms with Gasteiger partial charge in [-0.25, -0.2) is 8.78 Å². The van der Waals surface area contributed by atoms with Crippen molar-refractivity contribution in [3.05, 3.63) is 95.8 Å². The summed E-state index contributed by atoms with van der Waals surface area (Å²) in [6, 6.07) is 17.1. The van der Waals surface area contributed by atoms with Gasteiger partial charge in [-0.05, 0) is 48.9 Å². The van der Waals surface area contributed by atoms with E-state index in [0.717, 1.165) is 5.69 Å². The fraction of sp³-hybridized carbons (Fsp3) is 0.160. The number of carbonyl (C=O) groups excluding carboxylic acids is 1. The van der Waals surface area contributed by atoms with Crippen LogP contribution < -0.4 is 5.32 Å². The molecule has 3 N–H and O–H groups in total. The van der Waals surface area contributed by atoms with Crippen LogP contribution in [0, 0.1) is 11.6 Å². The van der Waals surface area contributed by atoms with E-state index in [1.54, 1.807) is 36.5 Å². The number of amides is 1. The number of aromatic nitrogens is 3. The Balaban J connectivity index is 1.61. The Labute approximate surface area is 189 Å². The van der Waals surface area contributed by atoms with Crippen molar-refractivity contribution < 1.29 is 18.7 Å². The molecule has 4 aromatic rings. The first-order valence-electron chi connectivity index (χ1n) is 10.5. The Bertz CT molecular complexity index is 1230. The minimum absolute atomic E-state index is 0.0357. The molecular formula is C25H22F2N4O2. The van der Waals surface area contributed by atoms with E-state index in [1.165, 1.54) is 24.3 Å². The van der Waals surface area contributed by atoms with Gasteiger partial charge in [-0.2, -0.15) is 5.10 Å². The topological polar surface area (TPSA) is 90.9 Å². The Morgan fingerprint density at radius 2 is 1.79 bits per heavy atom. The van der Waals surface area contributed by atoms with Crippen LogP contribution in [-0.4, -0.2) is 38.8 Å². The Morgan fingerprint density at radius 1 is 1.03 bits per heavy atom. The fourth-order valence-corrected chi connectivity index (χ4v) is 3.62. The molecule has 1 amide bonds. The van der Waals surface area contributed by atoms with E-state index < -0.39 is 17.5 Å². The number of nitrogens with one attached hydrogen (secondary N) is 2. The van der Waals surface area contributed by atoms with Gasteiger partial charge in [0.1, 0.15) is 17.2 Å². The zero-order chi connectivity index (χ0) is 23.2. The highest BCUT2D eigenvalue weighted by Gasteiger charge is 2.22. The van der Waals surface area contributed by atoms with Gasteiger partial charge in [0.25, 0.3) is 5.91 Å². The second-order valence-electron chi connectivity index (χ2n) is 7.52. The number of halogens is 2. The van der Waals surface area contributed by atoms with Crippen molar-refractivity contribution in [3.8, 4) is 22.5 Å². The normalized spacial score (nSPS) is 11.8. The molecule has 4 rings (SSSR count). The second-order valence-corrected chi connectivity index (χ2v) is 7.52. The number of pyridine rings is 1. The second kappa shape index (κ2) is 10.1. The highest BCUT2D eigenvalue weighted by Crippen LogP contribution is 2.30. The van der Waals surface area contributed by atoms with Crippen LogP contribution in [0.15, 0.2) is 72.9 Å². The van der Waals surface area contributed by atoms with Gasteiger partial charge in [0.15, 0.2) is 5.82 Å². The molecule has 33 heavy (non-hydrogen) atoms. The predicted molar refractivity (Wildman–Crippen MR) is 120 cm³/mol. The number of aromatic amines is 1. The van der Waals surface area contributed by atoms with E-state index >= 15 is 4.39 Å². The minimum atomic E-state index is -0.637. The third-order valence-electron chi connectivity index (χ3n) is 5.26. The highest BCUT2D eigenvalue weighted by molar-refractivity contribution is 6.00. The Morgan fingerprint density at radius 3 is 2.52 bits per heavy atom. The summed E-state index contributed by atoms with van der Waals surface area (Å²) in [6.45, 7) is -0.102. The van der Waals surface area contributed by atoms with Crippen LogP contribution in [0.4, 0.5) is 8.78 Å². The standard InChI is InChI=1S/C25H22F2N4O2/c26-17-10-8-16(9-11-17)23-22(27)24(31-30-23)20-6-1-2-7-21(20)25(33)29-19(12-14-32)15-18-5-3-4-13-28-18/h1-11,13,19,32H,12,14-15H2,(H,29,33)(H,30,31)/t19-/m0/s1. The molecule has 0 saturated carbocycles. The monoisotopic (exact) mass is 448 g/mol. The zero-order valence-electron chi connectivity index (χ0n) is 17.6. The van der Waals surface area contributed by atoms with Crippen LogP contribution in [0.2, 0.25) is 0 Å². The summed E-state index contributed by atoms with van der Waals surface area (Å²) in [7, 11) is 0. The van der Waals surface area contributed by atoms with Gasteiger partial charge in [0, 0.05) is 47.7 Å². The molecule has 0 spiro atoms. The van der Waals surface area contributed by atoms with Crippen LogP contribution in [0.5, 0.6) is 0 Å². The SMILES string of the molecule is O=C(N[C@@H](CCO)Cc1ccccn1)c1ccccc1-c1[nH]nc(-c2ccc(F)cc2)c1F. The molecule has 6 nitrogen and oxygen atoms in total. The number of aliphatic hydroxyl groups excluding tert-OH is 1. The first-order chi connectivity index (χ1) is 16.1. The maximum absolute atomic E-state index is 15.3. The van der Waals surface area contributed by atoms with Crippen molar-refractivity contribution in [1.29, 1.82) is 0 Å². The molecule has 0 aliphatic heterocycles. The fourth-order valence-electron chi connectivity index (χ4n) is 3.62. The molecule has 1 atom stereocenters. The van der Waals surface area contributed by atoms with E-state index in [4.69, 9.17) is 0 Å². The summed E-state index contributed by atoms with van der Waals surface area (Å²) in [5, 5.41) is 19.1. The third kappa shape index (κ3) is 5.12. The number of nitrogens with zero attached hydrogens (tertiary/aromatic N) is 2.